The fourth-order valence-electron chi connectivity index (χ4n) is 1.72. The SMILES string of the molecule is CC(c1cccc(Br)c1)C(F)c1nncn1C. The van der Waals surface area contributed by atoms with E-state index in [0.29, 0.717) is 5.82 Å². The van der Waals surface area contributed by atoms with Crippen molar-refractivity contribution in [1.82, 2.24) is 14.8 Å². The van der Waals surface area contributed by atoms with E-state index >= 15 is 0 Å². The number of hydrogen-bond donors (Lipinski definition) is 0. The molecular weight excluding hydrogens is 285 g/mol. The van der Waals surface area contributed by atoms with Crippen molar-refractivity contribution in [2.45, 2.75) is 19.0 Å². The lowest BCUT2D eigenvalue weighted by Gasteiger charge is -2.16. The van der Waals surface area contributed by atoms with Gasteiger partial charge in [0, 0.05) is 17.4 Å². The summed E-state index contributed by atoms with van der Waals surface area (Å²) in [6.07, 6.45) is 0.354. The lowest BCUT2D eigenvalue weighted by molar-refractivity contribution is 0.278. The van der Waals surface area contributed by atoms with E-state index in [-0.39, 0.29) is 5.92 Å². The normalized spacial score (nSPS) is 14.6. The van der Waals surface area contributed by atoms with Gasteiger partial charge in [-0.05, 0) is 17.7 Å². The van der Waals surface area contributed by atoms with Gasteiger partial charge in [-0.3, -0.25) is 0 Å². The molecule has 0 N–H and O–H groups in total. The van der Waals surface area contributed by atoms with Gasteiger partial charge in [0.2, 0.25) is 0 Å². The number of aryl methyl sites for hydroxylation is 1. The second-order valence-electron chi connectivity index (χ2n) is 4.05. The third-order valence-corrected chi connectivity index (χ3v) is 3.30. The lowest BCUT2D eigenvalue weighted by atomic mass is 9.96. The first kappa shape index (κ1) is 12.2. The zero-order valence-electron chi connectivity index (χ0n) is 9.64. The average Bonchev–Trinajstić information content (AvgIpc) is 2.73. The Hall–Kier alpha value is -1.23. The summed E-state index contributed by atoms with van der Waals surface area (Å²) in [6, 6.07) is 7.66. The molecule has 0 spiro atoms. The average molecular weight is 298 g/mol. The summed E-state index contributed by atoms with van der Waals surface area (Å²) in [7, 11) is 1.75. The summed E-state index contributed by atoms with van der Waals surface area (Å²) in [5.41, 5.74) is 0.940. The Bertz CT molecular complexity index is 512. The van der Waals surface area contributed by atoms with E-state index in [9.17, 15) is 4.39 Å². The summed E-state index contributed by atoms with van der Waals surface area (Å²) >= 11 is 3.39. The molecule has 90 valence electrons. The van der Waals surface area contributed by atoms with Gasteiger partial charge in [0.15, 0.2) is 12.0 Å². The first-order valence-electron chi connectivity index (χ1n) is 5.33. The van der Waals surface area contributed by atoms with E-state index in [2.05, 4.69) is 26.1 Å². The third kappa shape index (κ3) is 2.54. The number of rotatable bonds is 3. The summed E-state index contributed by atoms with van der Waals surface area (Å²) in [5.74, 6) is 0.105. The molecule has 17 heavy (non-hydrogen) atoms. The van der Waals surface area contributed by atoms with E-state index < -0.39 is 6.17 Å². The van der Waals surface area contributed by atoms with Crippen LogP contribution >= 0.6 is 15.9 Å². The lowest BCUT2D eigenvalue weighted by Crippen LogP contribution is -2.09. The first-order valence-corrected chi connectivity index (χ1v) is 6.12. The Morgan fingerprint density at radius 1 is 1.41 bits per heavy atom. The summed E-state index contributed by atoms with van der Waals surface area (Å²) < 4.78 is 16.9. The van der Waals surface area contributed by atoms with Crippen molar-refractivity contribution in [2.24, 2.45) is 7.05 Å². The van der Waals surface area contributed by atoms with Gasteiger partial charge in [0.1, 0.15) is 6.33 Å². The van der Waals surface area contributed by atoms with Crippen LogP contribution < -0.4 is 0 Å². The van der Waals surface area contributed by atoms with Crippen molar-refractivity contribution in [1.29, 1.82) is 0 Å². The van der Waals surface area contributed by atoms with Crippen LogP contribution in [0.5, 0.6) is 0 Å². The van der Waals surface area contributed by atoms with Gasteiger partial charge in [0.25, 0.3) is 0 Å². The molecule has 0 fully saturated rings. The molecule has 2 atom stereocenters. The van der Waals surface area contributed by atoms with Crippen LogP contribution in [0.4, 0.5) is 4.39 Å². The molecule has 0 aliphatic carbocycles. The highest BCUT2D eigenvalue weighted by molar-refractivity contribution is 9.10. The Kier molecular flexibility index (Phi) is 3.57. The predicted molar refractivity (Wildman–Crippen MR) is 67.4 cm³/mol. The minimum Gasteiger partial charge on any atom is -0.318 e. The molecule has 1 aromatic carbocycles. The van der Waals surface area contributed by atoms with Crippen molar-refractivity contribution in [2.75, 3.05) is 0 Å². The maximum atomic E-state index is 14.3. The van der Waals surface area contributed by atoms with Crippen molar-refractivity contribution in [3.05, 3.63) is 46.5 Å². The van der Waals surface area contributed by atoms with Gasteiger partial charge in [-0.15, -0.1) is 10.2 Å². The number of benzene rings is 1. The molecule has 0 radical (unpaired) electrons. The minimum atomic E-state index is -1.16. The number of hydrogen-bond acceptors (Lipinski definition) is 2. The standard InChI is InChI=1S/C12H13BrFN3/c1-8(9-4-3-5-10(13)6-9)11(14)12-16-15-7-17(12)2/h3-8,11H,1-2H3. The summed E-state index contributed by atoms with van der Waals surface area (Å²) in [4.78, 5) is 0. The number of nitrogens with zero attached hydrogens (tertiary/aromatic N) is 3. The van der Waals surface area contributed by atoms with Crippen LogP contribution in [-0.4, -0.2) is 14.8 Å². The van der Waals surface area contributed by atoms with Gasteiger partial charge in [-0.25, -0.2) is 4.39 Å². The molecule has 0 saturated carbocycles. The van der Waals surface area contributed by atoms with Crippen LogP contribution in [0, 0.1) is 0 Å². The van der Waals surface area contributed by atoms with E-state index in [4.69, 9.17) is 0 Å². The number of aromatic nitrogens is 3. The molecule has 0 amide bonds. The van der Waals surface area contributed by atoms with Crippen LogP contribution in [0.1, 0.15) is 30.4 Å². The number of halogens is 2. The smallest absolute Gasteiger partial charge is 0.167 e. The molecule has 2 rings (SSSR count). The molecule has 1 heterocycles. The highest BCUT2D eigenvalue weighted by atomic mass is 79.9. The zero-order valence-corrected chi connectivity index (χ0v) is 11.2. The fourth-order valence-corrected chi connectivity index (χ4v) is 2.14. The van der Waals surface area contributed by atoms with Gasteiger partial charge in [0.05, 0.1) is 0 Å². The molecule has 1 aromatic heterocycles. The summed E-state index contributed by atoms with van der Waals surface area (Å²) in [5, 5.41) is 7.51. The van der Waals surface area contributed by atoms with E-state index in [1.54, 1.807) is 11.6 Å². The topological polar surface area (TPSA) is 30.7 Å². The predicted octanol–water partition coefficient (Wildman–Crippen LogP) is 3.39. The molecule has 2 unspecified atom stereocenters. The molecule has 0 aliphatic rings. The molecule has 2 aromatic rings. The minimum absolute atomic E-state index is 0.254. The van der Waals surface area contributed by atoms with Crippen molar-refractivity contribution >= 4 is 15.9 Å². The molecular formula is C12H13BrFN3. The highest BCUT2D eigenvalue weighted by Crippen LogP contribution is 2.33. The van der Waals surface area contributed by atoms with Crippen LogP contribution in [0.25, 0.3) is 0 Å². The van der Waals surface area contributed by atoms with Crippen LogP contribution in [0.2, 0.25) is 0 Å². The van der Waals surface area contributed by atoms with Gasteiger partial charge in [-0.1, -0.05) is 35.0 Å². The monoisotopic (exact) mass is 297 g/mol. The maximum absolute atomic E-state index is 14.3. The van der Waals surface area contributed by atoms with Crippen LogP contribution in [-0.2, 0) is 7.05 Å². The van der Waals surface area contributed by atoms with Gasteiger partial charge >= 0.3 is 0 Å². The fraction of sp³-hybridized carbons (Fsp3) is 0.333. The largest absolute Gasteiger partial charge is 0.318 e. The Balaban J connectivity index is 2.26. The molecule has 3 nitrogen and oxygen atoms in total. The molecule has 0 aliphatic heterocycles. The maximum Gasteiger partial charge on any atom is 0.167 e. The second kappa shape index (κ2) is 4.96. The Morgan fingerprint density at radius 3 is 2.76 bits per heavy atom. The van der Waals surface area contributed by atoms with Crippen LogP contribution in [0.15, 0.2) is 35.1 Å². The highest BCUT2D eigenvalue weighted by Gasteiger charge is 2.24. The zero-order chi connectivity index (χ0) is 12.4. The van der Waals surface area contributed by atoms with Crippen molar-refractivity contribution < 1.29 is 4.39 Å². The summed E-state index contributed by atoms with van der Waals surface area (Å²) in [6.45, 7) is 1.85. The molecule has 0 saturated heterocycles. The Morgan fingerprint density at radius 2 is 2.18 bits per heavy atom. The van der Waals surface area contributed by atoms with Crippen LogP contribution in [0.3, 0.4) is 0 Å². The quantitative estimate of drug-likeness (QED) is 0.869. The van der Waals surface area contributed by atoms with E-state index in [1.807, 2.05) is 31.2 Å². The second-order valence-corrected chi connectivity index (χ2v) is 4.96. The third-order valence-electron chi connectivity index (χ3n) is 2.81. The molecule has 5 heteroatoms. The van der Waals surface area contributed by atoms with Gasteiger partial charge < -0.3 is 4.57 Å². The first-order chi connectivity index (χ1) is 8.09. The number of alkyl halides is 1. The van der Waals surface area contributed by atoms with Gasteiger partial charge in [-0.2, -0.15) is 0 Å². The van der Waals surface area contributed by atoms with Crippen molar-refractivity contribution in [3.63, 3.8) is 0 Å². The van der Waals surface area contributed by atoms with E-state index in [0.717, 1.165) is 10.0 Å². The van der Waals surface area contributed by atoms with E-state index in [1.165, 1.54) is 6.33 Å². The van der Waals surface area contributed by atoms with Crippen molar-refractivity contribution in [3.8, 4) is 0 Å². The Labute approximate surface area is 108 Å². The molecule has 0 bridgehead atoms.